The average Bonchev–Trinajstić information content (AvgIpc) is 1.83. The summed E-state index contributed by atoms with van der Waals surface area (Å²) >= 11 is 0. The van der Waals surface area contributed by atoms with E-state index in [9.17, 15) is 0 Å². The third-order valence-electron chi connectivity index (χ3n) is 1.15. The summed E-state index contributed by atoms with van der Waals surface area (Å²) in [6.45, 7) is 4.78. The summed E-state index contributed by atoms with van der Waals surface area (Å²) in [4.78, 5) is 2.65. The zero-order valence-corrected chi connectivity index (χ0v) is 5.33. The van der Waals surface area contributed by atoms with Crippen molar-refractivity contribution in [3.8, 4) is 0 Å². The van der Waals surface area contributed by atoms with Gasteiger partial charge in [-0.3, -0.25) is 0 Å². The molecule has 0 aromatic rings. The smallest absolute Gasteiger partial charge is 0.0283 e. The molecule has 0 aromatic carbocycles. The topological polar surface area (TPSA) is 48.8 Å². The van der Waals surface area contributed by atoms with Gasteiger partial charge in [-0.1, -0.05) is 25.4 Å². The van der Waals surface area contributed by atoms with Crippen LogP contribution < -0.4 is 0 Å². The summed E-state index contributed by atoms with van der Waals surface area (Å²) in [5.41, 5.74) is 7.87. The quantitative estimate of drug-likeness (QED) is 0.306. The Morgan fingerprint density at radius 1 is 1.75 bits per heavy atom. The SMILES string of the molecule is CCC(C)CN=[N+]=[N-]. The Labute approximate surface area is 49.3 Å². The summed E-state index contributed by atoms with van der Waals surface area (Å²) in [6, 6.07) is 0. The highest BCUT2D eigenvalue weighted by Gasteiger charge is 1.92. The Bertz CT molecular complexity index is 93.8. The fourth-order valence-corrected chi connectivity index (χ4v) is 0.305. The molecule has 0 heterocycles. The highest BCUT2D eigenvalue weighted by molar-refractivity contribution is 4.53. The third-order valence-corrected chi connectivity index (χ3v) is 1.15. The highest BCUT2D eigenvalue weighted by atomic mass is 15.1. The lowest BCUT2D eigenvalue weighted by Gasteiger charge is -1.99. The van der Waals surface area contributed by atoms with E-state index in [4.69, 9.17) is 5.53 Å². The molecule has 1 atom stereocenters. The van der Waals surface area contributed by atoms with E-state index in [-0.39, 0.29) is 0 Å². The minimum Gasteiger partial charge on any atom is -0.0937 e. The summed E-state index contributed by atoms with van der Waals surface area (Å²) < 4.78 is 0. The van der Waals surface area contributed by atoms with E-state index in [1.807, 2.05) is 0 Å². The zero-order chi connectivity index (χ0) is 6.41. The molecule has 3 heteroatoms. The van der Waals surface area contributed by atoms with E-state index in [1.165, 1.54) is 0 Å². The molecule has 1 unspecified atom stereocenters. The molecule has 0 aliphatic heterocycles. The summed E-state index contributed by atoms with van der Waals surface area (Å²) in [5, 5.41) is 3.42. The number of hydrogen-bond donors (Lipinski definition) is 0. The molecule has 0 amide bonds. The second-order valence-corrected chi connectivity index (χ2v) is 1.93. The predicted octanol–water partition coefficient (Wildman–Crippen LogP) is 2.34. The van der Waals surface area contributed by atoms with Gasteiger partial charge in [0.2, 0.25) is 0 Å². The van der Waals surface area contributed by atoms with E-state index in [1.54, 1.807) is 0 Å². The van der Waals surface area contributed by atoms with Gasteiger partial charge in [0.05, 0.1) is 0 Å². The number of rotatable bonds is 3. The van der Waals surface area contributed by atoms with Crippen LogP contribution in [-0.2, 0) is 0 Å². The Kier molecular flexibility index (Phi) is 4.08. The molecule has 0 N–H and O–H groups in total. The van der Waals surface area contributed by atoms with Crippen LogP contribution in [0.25, 0.3) is 10.4 Å². The Morgan fingerprint density at radius 3 is 2.75 bits per heavy atom. The Balaban J connectivity index is 3.23. The van der Waals surface area contributed by atoms with Crippen LogP contribution >= 0.6 is 0 Å². The minimum absolute atomic E-state index is 0.533. The lowest BCUT2D eigenvalue weighted by atomic mass is 10.1. The maximum Gasteiger partial charge on any atom is 0.0283 e. The fraction of sp³-hybridized carbons (Fsp3) is 1.00. The van der Waals surface area contributed by atoms with E-state index >= 15 is 0 Å². The summed E-state index contributed by atoms with van der Waals surface area (Å²) in [5.74, 6) is 0.533. The molecule has 0 fully saturated rings. The van der Waals surface area contributed by atoms with Crippen LogP contribution in [0, 0.1) is 5.92 Å². The van der Waals surface area contributed by atoms with Crippen LogP contribution in [0.2, 0.25) is 0 Å². The minimum atomic E-state index is 0.533. The van der Waals surface area contributed by atoms with Gasteiger partial charge in [0.25, 0.3) is 0 Å². The van der Waals surface area contributed by atoms with Gasteiger partial charge >= 0.3 is 0 Å². The van der Waals surface area contributed by atoms with Crippen molar-refractivity contribution in [2.45, 2.75) is 20.3 Å². The maximum atomic E-state index is 7.87. The van der Waals surface area contributed by atoms with Crippen LogP contribution in [-0.4, -0.2) is 6.54 Å². The van der Waals surface area contributed by atoms with Gasteiger partial charge in [-0.15, -0.1) is 0 Å². The number of hydrogen-bond acceptors (Lipinski definition) is 1. The molecule has 3 nitrogen and oxygen atoms in total. The zero-order valence-electron chi connectivity index (χ0n) is 5.33. The van der Waals surface area contributed by atoms with Gasteiger partial charge in [-0.05, 0) is 11.4 Å². The van der Waals surface area contributed by atoms with Crippen LogP contribution in [0.1, 0.15) is 20.3 Å². The number of azide groups is 1. The summed E-state index contributed by atoms with van der Waals surface area (Å²) in [7, 11) is 0. The Hall–Kier alpha value is -0.690. The molecule has 0 saturated carbocycles. The van der Waals surface area contributed by atoms with Crippen LogP contribution in [0.15, 0.2) is 5.11 Å². The first-order valence-electron chi connectivity index (χ1n) is 2.82. The van der Waals surface area contributed by atoms with Gasteiger partial charge in [0, 0.05) is 11.5 Å². The molecule has 46 valence electrons. The molecule has 0 spiro atoms. The van der Waals surface area contributed by atoms with Crippen molar-refractivity contribution >= 4 is 0 Å². The molecular formula is C5H11N3. The highest BCUT2D eigenvalue weighted by Crippen LogP contribution is 1.99. The maximum absolute atomic E-state index is 7.87. The van der Waals surface area contributed by atoms with Crippen molar-refractivity contribution in [1.82, 2.24) is 0 Å². The molecule has 0 saturated heterocycles. The van der Waals surface area contributed by atoms with E-state index in [0.717, 1.165) is 6.42 Å². The average molecular weight is 113 g/mol. The summed E-state index contributed by atoms with van der Waals surface area (Å²) in [6.07, 6.45) is 1.08. The molecule has 0 aliphatic carbocycles. The molecule has 0 aliphatic rings. The van der Waals surface area contributed by atoms with Crippen LogP contribution in [0.5, 0.6) is 0 Å². The van der Waals surface area contributed by atoms with Gasteiger partial charge in [-0.2, -0.15) is 0 Å². The van der Waals surface area contributed by atoms with E-state index in [2.05, 4.69) is 23.9 Å². The largest absolute Gasteiger partial charge is 0.0937 e. The number of nitrogens with zero attached hydrogens (tertiary/aromatic N) is 3. The van der Waals surface area contributed by atoms with Crippen molar-refractivity contribution in [1.29, 1.82) is 0 Å². The molecule has 0 bridgehead atoms. The van der Waals surface area contributed by atoms with Crippen molar-refractivity contribution < 1.29 is 0 Å². The monoisotopic (exact) mass is 113 g/mol. The first-order chi connectivity index (χ1) is 3.81. The lowest BCUT2D eigenvalue weighted by molar-refractivity contribution is 0.574. The normalized spacial score (nSPS) is 12.2. The standard InChI is InChI=1S/C5H11N3/c1-3-5(2)4-7-8-6/h5H,3-4H2,1-2H3. The van der Waals surface area contributed by atoms with Crippen molar-refractivity contribution in [3.63, 3.8) is 0 Å². The molecule has 8 heavy (non-hydrogen) atoms. The van der Waals surface area contributed by atoms with Crippen molar-refractivity contribution in [2.75, 3.05) is 6.54 Å². The van der Waals surface area contributed by atoms with Gasteiger partial charge < -0.3 is 0 Å². The molecule has 0 rings (SSSR count). The second-order valence-electron chi connectivity index (χ2n) is 1.93. The van der Waals surface area contributed by atoms with Crippen LogP contribution in [0.4, 0.5) is 0 Å². The van der Waals surface area contributed by atoms with Crippen LogP contribution in [0.3, 0.4) is 0 Å². The molecule has 0 radical (unpaired) electrons. The van der Waals surface area contributed by atoms with Gasteiger partial charge in [0.15, 0.2) is 0 Å². The van der Waals surface area contributed by atoms with E-state index in [0.29, 0.717) is 12.5 Å². The predicted molar refractivity (Wildman–Crippen MR) is 33.5 cm³/mol. The van der Waals surface area contributed by atoms with E-state index < -0.39 is 0 Å². The Morgan fingerprint density at radius 2 is 2.38 bits per heavy atom. The van der Waals surface area contributed by atoms with Gasteiger partial charge in [0.1, 0.15) is 0 Å². The van der Waals surface area contributed by atoms with Crippen molar-refractivity contribution in [2.24, 2.45) is 11.0 Å². The third kappa shape index (κ3) is 3.50. The lowest BCUT2D eigenvalue weighted by Crippen LogP contribution is -1.94. The van der Waals surface area contributed by atoms with Gasteiger partial charge in [-0.25, -0.2) is 0 Å². The molecule has 0 aromatic heterocycles. The second kappa shape index (κ2) is 4.47. The fourth-order valence-electron chi connectivity index (χ4n) is 0.305. The first-order valence-corrected chi connectivity index (χ1v) is 2.82. The molecular weight excluding hydrogens is 102 g/mol. The van der Waals surface area contributed by atoms with Crippen molar-refractivity contribution in [3.05, 3.63) is 10.4 Å². The first kappa shape index (κ1) is 7.31.